The summed E-state index contributed by atoms with van der Waals surface area (Å²) in [6, 6.07) is 0. The molecule has 0 aliphatic rings. The molecule has 0 aliphatic heterocycles. The monoisotopic (exact) mass is 246 g/mol. The second-order valence-corrected chi connectivity index (χ2v) is 9.84. The van der Waals surface area contributed by atoms with Crippen LogP contribution in [0.3, 0.4) is 0 Å². The van der Waals surface area contributed by atoms with Gasteiger partial charge in [0.05, 0.1) is 0 Å². The van der Waals surface area contributed by atoms with Gasteiger partial charge in [-0.3, -0.25) is 0 Å². The van der Waals surface area contributed by atoms with E-state index in [9.17, 15) is 0 Å². The molecule has 0 saturated heterocycles. The molecular weight excluding hydrogens is 216 g/mol. The molecule has 0 aromatic carbocycles. The second kappa shape index (κ2) is 6.17. The molecule has 2 unspecified atom stereocenters. The first-order valence-electron chi connectivity index (χ1n) is 6.44. The Balaban J connectivity index is 5.31. The molecule has 0 rings (SSSR count). The van der Waals surface area contributed by atoms with E-state index in [0.29, 0.717) is 11.5 Å². The van der Waals surface area contributed by atoms with Crippen molar-refractivity contribution in [1.82, 2.24) is 0 Å². The summed E-state index contributed by atoms with van der Waals surface area (Å²) in [5.74, 6) is 0.619. The third-order valence-electron chi connectivity index (χ3n) is 4.61. The number of rotatable bonds is 7. The van der Waals surface area contributed by atoms with Gasteiger partial charge in [0.15, 0.2) is 0 Å². The molecule has 0 spiro atoms. The highest BCUT2D eigenvalue weighted by Crippen LogP contribution is 2.51. The molecule has 16 heavy (non-hydrogen) atoms. The Kier molecular flexibility index (Phi) is 6.23. The van der Waals surface area contributed by atoms with Crippen LogP contribution in [0.25, 0.3) is 0 Å². The van der Waals surface area contributed by atoms with Gasteiger partial charge in [-0.1, -0.05) is 54.4 Å². The summed E-state index contributed by atoms with van der Waals surface area (Å²) < 4.78 is 11.9. The van der Waals surface area contributed by atoms with Gasteiger partial charge in [0.1, 0.15) is 0 Å². The molecule has 0 N–H and O–H groups in total. The van der Waals surface area contributed by atoms with E-state index in [-0.39, 0.29) is 5.04 Å². The minimum absolute atomic E-state index is 0.140. The molecular formula is C13H30O2Si. The van der Waals surface area contributed by atoms with Gasteiger partial charge >= 0.3 is 8.56 Å². The zero-order valence-corrected chi connectivity index (χ0v) is 13.4. The lowest BCUT2D eigenvalue weighted by Crippen LogP contribution is -2.55. The minimum atomic E-state index is -2.16. The zero-order chi connectivity index (χ0) is 13.0. The van der Waals surface area contributed by atoms with Crippen LogP contribution in [0.5, 0.6) is 0 Å². The number of hydrogen-bond acceptors (Lipinski definition) is 2. The van der Waals surface area contributed by atoms with Gasteiger partial charge in [-0.25, -0.2) is 0 Å². The molecule has 0 aliphatic carbocycles. The van der Waals surface area contributed by atoms with Gasteiger partial charge in [0, 0.05) is 24.8 Å². The third-order valence-corrected chi connectivity index (χ3v) is 9.82. The van der Waals surface area contributed by atoms with Crippen LogP contribution in [0.2, 0.25) is 10.6 Å². The largest absolute Gasteiger partial charge is 0.397 e. The summed E-state index contributed by atoms with van der Waals surface area (Å²) in [5.41, 5.74) is 0.520. The average Bonchev–Trinajstić information content (AvgIpc) is 2.29. The summed E-state index contributed by atoms with van der Waals surface area (Å²) >= 11 is 0. The molecule has 2 nitrogen and oxygen atoms in total. The Hall–Kier alpha value is 0.137. The van der Waals surface area contributed by atoms with E-state index in [4.69, 9.17) is 8.85 Å². The quantitative estimate of drug-likeness (QED) is 0.622. The van der Waals surface area contributed by atoms with Crippen molar-refractivity contribution in [1.29, 1.82) is 0 Å². The summed E-state index contributed by atoms with van der Waals surface area (Å²) in [5, 5.41) is 0.140. The van der Waals surface area contributed by atoms with Crippen LogP contribution in [-0.4, -0.2) is 22.8 Å². The van der Waals surface area contributed by atoms with E-state index in [1.165, 1.54) is 6.42 Å². The molecule has 0 heterocycles. The topological polar surface area (TPSA) is 18.5 Å². The molecule has 2 atom stereocenters. The highest BCUT2D eigenvalue weighted by Gasteiger charge is 2.56. The van der Waals surface area contributed by atoms with E-state index in [0.717, 1.165) is 6.42 Å². The van der Waals surface area contributed by atoms with Crippen LogP contribution < -0.4 is 0 Å². The fraction of sp³-hybridized carbons (Fsp3) is 1.00. The van der Waals surface area contributed by atoms with Crippen molar-refractivity contribution < 1.29 is 8.85 Å². The highest BCUT2D eigenvalue weighted by molar-refractivity contribution is 6.72. The SMILES string of the molecule is CCC(C)C(C)(C)[Si](OC)(OC)C(C)CC. The molecule has 0 aromatic rings. The van der Waals surface area contributed by atoms with Gasteiger partial charge in [-0.2, -0.15) is 0 Å². The van der Waals surface area contributed by atoms with Crippen molar-refractivity contribution >= 4 is 8.56 Å². The lowest BCUT2D eigenvalue weighted by molar-refractivity contribution is 0.175. The van der Waals surface area contributed by atoms with Gasteiger partial charge in [0.25, 0.3) is 0 Å². The maximum absolute atomic E-state index is 5.94. The van der Waals surface area contributed by atoms with Gasteiger partial charge in [-0.05, 0) is 5.92 Å². The molecule has 0 fully saturated rings. The minimum Gasteiger partial charge on any atom is -0.397 e. The molecule has 0 radical (unpaired) electrons. The Labute approximate surface area is 103 Å². The molecule has 0 amide bonds. The zero-order valence-electron chi connectivity index (χ0n) is 12.4. The fourth-order valence-electron chi connectivity index (χ4n) is 2.77. The van der Waals surface area contributed by atoms with Crippen LogP contribution in [0, 0.1) is 5.92 Å². The van der Waals surface area contributed by atoms with Crippen LogP contribution in [-0.2, 0) is 8.85 Å². The van der Waals surface area contributed by atoms with Crippen LogP contribution in [0.1, 0.15) is 54.4 Å². The van der Waals surface area contributed by atoms with E-state index in [1.54, 1.807) is 0 Å². The third kappa shape index (κ3) is 2.52. The smallest absolute Gasteiger partial charge is 0.346 e. The van der Waals surface area contributed by atoms with E-state index < -0.39 is 8.56 Å². The van der Waals surface area contributed by atoms with Crippen LogP contribution >= 0.6 is 0 Å². The first kappa shape index (κ1) is 16.1. The Bertz CT molecular complexity index is 200. The van der Waals surface area contributed by atoms with Crippen molar-refractivity contribution in [2.24, 2.45) is 5.92 Å². The summed E-state index contributed by atoms with van der Waals surface area (Å²) in [7, 11) is 1.49. The highest BCUT2D eigenvalue weighted by atomic mass is 28.4. The van der Waals surface area contributed by atoms with Crippen molar-refractivity contribution in [3.8, 4) is 0 Å². The van der Waals surface area contributed by atoms with Gasteiger partial charge in [-0.15, -0.1) is 0 Å². The normalized spacial score (nSPS) is 17.2. The van der Waals surface area contributed by atoms with Crippen LogP contribution in [0.4, 0.5) is 0 Å². The number of hydrogen-bond donors (Lipinski definition) is 0. The van der Waals surface area contributed by atoms with Crippen molar-refractivity contribution in [2.75, 3.05) is 14.2 Å². The predicted molar refractivity (Wildman–Crippen MR) is 73.0 cm³/mol. The van der Waals surface area contributed by atoms with Gasteiger partial charge in [0.2, 0.25) is 0 Å². The van der Waals surface area contributed by atoms with Crippen molar-refractivity contribution in [2.45, 2.75) is 65.0 Å². The standard InChI is InChI=1S/C13H30O2Si/c1-9-11(3)13(5,6)16(14-7,15-8)12(4)10-2/h11-12H,9-10H2,1-8H3. The summed E-state index contributed by atoms with van der Waals surface area (Å²) in [4.78, 5) is 0. The molecule has 0 aromatic heterocycles. The van der Waals surface area contributed by atoms with E-state index in [1.807, 2.05) is 14.2 Å². The lowest BCUT2D eigenvalue weighted by atomic mass is 9.94. The summed E-state index contributed by atoms with van der Waals surface area (Å²) in [6.45, 7) is 13.7. The average molecular weight is 246 g/mol. The maximum Gasteiger partial charge on any atom is 0.346 e. The van der Waals surface area contributed by atoms with Crippen molar-refractivity contribution in [3.63, 3.8) is 0 Å². The molecule has 0 bridgehead atoms. The van der Waals surface area contributed by atoms with Gasteiger partial charge < -0.3 is 8.85 Å². The van der Waals surface area contributed by atoms with E-state index in [2.05, 4.69) is 41.5 Å². The Morgan fingerprint density at radius 2 is 1.44 bits per heavy atom. The molecule has 3 heteroatoms. The fourth-order valence-corrected chi connectivity index (χ4v) is 7.49. The Morgan fingerprint density at radius 1 is 1.00 bits per heavy atom. The maximum atomic E-state index is 5.94. The Morgan fingerprint density at radius 3 is 1.69 bits per heavy atom. The van der Waals surface area contributed by atoms with Crippen molar-refractivity contribution in [3.05, 3.63) is 0 Å². The van der Waals surface area contributed by atoms with Crippen LogP contribution in [0.15, 0.2) is 0 Å². The molecule has 0 saturated carbocycles. The first-order chi connectivity index (χ1) is 7.33. The first-order valence-corrected chi connectivity index (χ1v) is 8.33. The lowest BCUT2D eigenvalue weighted by Gasteiger charge is -2.48. The summed E-state index contributed by atoms with van der Waals surface area (Å²) in [6.07, 6.45) is 2.29. The molecule has 98 valence electrons. The predicted octanol–water partition coefficient (Wildman–Crippen LogP) is 4.35. The second-order valence-electron chi connectivity index (χ2n) is 5.42. The van der Waals surface area contributed by atoms with E-state index >= 15 is 0 Å².